The average molecular weight is 268 g/mol. The number of aromatic nitrogens is 2. The fraction of sp³-hybridized carbons (Fsp3) is 0. The highest BCUT2D eigenvalue weighted by molar-refractivity contribution is 7.25. The zero-order valence-corrected chi connectivity index (χ0v) is 11.0. The van der Waals surface area contributed by atoms with E-state index in [1.54, 1.807) is 22.7 Å². The van der Waals surface area contributed by atoms with Crippen LogP contribution in [0, 0.1) is 0 Å². The summed E-state index contributed by atoms with van der Waals surface area (Å²) in [4.78, 5) is 10.3. The van der Waals surface area contributed by atoms with Crippen molar-refractivity contribution in [3.05, 3.63) is 48.0 Å². The van der Waals surface area contributed by atoms with E-state index in [-0.39, 0.29) is 0 Å². The van der Waals surface area contributed by atoms with Crippen LogP contribution in [0.3, 0.4) is 0 Å². The molecule has 0 unspecified atom stereocenters. The Bertz CT molecular complexity index is 831. The first kappa shape index (κ1) is 10.2. The molecule has 4 aromatic rings. The van der Waals surface area contributed by atoms with Gasteiger partial charge in [0.1, 0.15) is 10.5 Å². The van der Waals surface area contributed by atoms with E-state index in [4.69, 9.17) is 0 Å². The number of pyridine rings is 1. The predicted octanol–water partition coefficient (Wildman–Crippen LogP) is 4.57. The molecule has 0 fully saturated rings. The summed E-state index contributed by atoms with van der Waals surface area (Å²) in [5.74, 6) is 0. The first-order valence-electron chi connectivity index (χ1n) is 5.60. The molecule has 0 radical (unpaired) electrons. The van der Waals surface area contributed by atoms with Crippen molar-refractivity contribution < 1.29 is 0 Å². The molecule has 86 valence electrons. The van der Waals surface area contributed by atoms with E-state index in [0.717, 1.165) is 16.0 Å². The Morgan fingerprint density at radius 1 is 0.944 bits per heavy atom. The van der Waals surface area contributed by atoms with Crippen molar-refractivity contribution in [2.45, 2.75) is 0 Å². The van der Waals surface area contributed by atoms with Gasteiger partial charge < -0.3 is 0 Å². The number of thiazole rings is 1. The Kier molecular flexibility index (Phi) is 2.18. The van der Waals surface area contributed by atoms with Crippen molar-refractivity contribution in [2.24, 2.45) is 0 Å². The van der Waals surface area contributed by atoms with Crippen LogP contribution in [-0.4, -0.2) is 9.97 Å². The summed E-state index contributed by atoms with van der Waals surface area (Å²) < 4.78 is 1.23. The molecule has 3 aromatic heterocycles. The van der Waals surface area contributed by atoms with Gasteiger partial charge in [-0.25, -0.2) is 4.98 Å². The molecule has 0 saturated heterocycles. The van der Waals surface area contributed by atoms with Crippen molar-refractivity contribution >= 4 is 43.8 Å². The Balaban J connectivity index is 2.08. The Morgan fingerprint density at radius 3 is 2.78 bits per heavy atom. The van der Waals surface area contributed by atoms with Crippen molar-refractivity contribution in [3.63, 3.8) is 0 Å². The van der Waals surface area contributed by atoms with Crippen LogP contribution in [0.25, 0.3) is 31.0 Å². The second-order valence-electron chi connectivity index (χ2n) is 3.99. The number of thiophene rings is 1. The van der Waals surface area contributed by atoms with Gasteiger partial charge in [-0.1, -0.05) is 24.3 Å². The molecule has 18 heavy (non-hydrogen) atoms. The Hall–Kier alpha value is -1.78. The topological polar surface area (TPSA) is 25.8 Å². The van der Waals surface area contributed by atoms with E-state index in [1.807, 2.05) is 24.4 Å². The first-order chi connectivity index (χ1) is 8.92. The standard InChI is InChI=1S/C14H8N2S2/c1-2-5-10-9(4-1)13-11(8-15-10)16-14(18-13)12-6-3-7-17-12/h1-8H. The van der Waals surface area contributed by atoms with Crippen molar-refractivity contribution in [3.8, 4) is 9.88 Å². The fourth-order valence-electron chi connectivity index (χ4n) is 2.03. The zero-order valence-electron chi connectivity index (χ0n) is 9.33. The average Bonchev–Trinajstić information content (AvgIpc) is 3.07. The number of hydrogen-bond donors (Lipinski definition) is 0. The lowest BCUT2D eigenvalue weighted by Gasteiger charge is -1.95. The largest absolute Gasteiger partial charge is 0.254 e. The van der Waals surface area contributed by atoms with Gasteiger partial charge in [0.25, 0.3) is 0 Å². The van der Waals surface area contributed by atoms with Gasteiger partial charge in [0.2, 0.25) is 0 Å². The van der Waals surface area contributed by atoms with Crippen LogP contribution in [0.15, 0.2) is 48.0 Å². The normalized spacial score (nSPS) is 11.3. The van der Waals surface area contributed by atoms with Crippen molar-refractivity contribution in [1.29, 1.82) is 0 Å². The van der Waals surface area contributed by atoms with Gasteiger partial charge in [-0.15, -0.1) is 22.7 Å². The number of fused-ring (bicyclic) bond motifs is 3. The lowest BCUT2D eigenvalue weighted by Crippen LogP contribution is -1.78. The Labute approximate surface area is 112 Å². The molecule has 0 atom stereocenters. The molecule has 0 N–H and O–H groups in total. The highest BCUT2D eigenvalue weighted by atomic mass is 32.1. The van der Waals surface area contributed by atoms with Crippen molar-refractivity contribution in [1.82, 2.24) is 9.97 Å². The Morgan fingerprint density at radius 2 is 1.89 bits per heavy atom. The van der Waals surface area contributed by atoms with Gasteiger partial charge in [0, 0.05) is 5.39 Å². The third-order valence-electron chi connectivity index (χ3n) is 2.86. The number of benzene rings is 1. The van der Waals surface area contributed by atoms with Crippen LogP contribution in [-0.2, 0) is 0 Å². The van der Waals surface area contributed by atoms with Gasteiger partial charge >= 0.3 is 0 Å². The molecular weight excluding hydrogens is 260 g/mol. The second kappa shape index (κ2) is 3.86. The summed E-state index contributed by atoms with van der Waals surface area (Å²) in [5, 5.41) is 4.35. The summed E-state index contributed by atoms with van der Waals surface area (Å²) in [6.07, 6.45) is 1.87. The smallest absolute Gasteiger partial charge is 0.134 e. The van der Waals surface area contributed by atoms with Crippen LogP contribution >= 0.6 is 22.7 Å². The molecule has 0 aliphatic rings. The van der Waals surface area contributed by atoms with Crippen LogP contribution in [0.5, 0.6) is 0 Å². The summed E-state index contributed by atoms with van der Waals surface area (Å²) >= 11 is 3.47. The lowest BCUT2D eigenvalue weighted by molar-refractivity contribution is 1.40. The molecule has 0 saturated carbocycles. The highest BCUT2D eigenvalue weighted by Gasteiger charge is 2.09. The summed E-state index contributed by atoms with van der Waals surface area (Å²) in [5.41, 5.74) is 2.02. The van der Waals surface area contributed by atoms with Gasteiger partial charge in [0.15, 0.2) is 0 Å². The molecule has 4 rings (SSSR count). The molecular formula is C14H8N2S2. The molecule has 0 aliphatic heterocycles. The number of para-hydroxylation sites is 1. The minimum atomic E-state index is 0.988. The van der Waals surface area contributed by atoms with Gasteiger partial charge in [-0.3, -0.25) is 4.98 Å². The van der Waals surface area contributed by atoms with E-state index in [0.29, 0.717) is 0 Å². The van der Waals surface area contributed by atoms with Crippen LogP contribution in [0.1, 0.15) is 0 Å². The predicted molar refractivity (Wildman–Crippen MR) is 78.2 cm³/mol. The molecule has 0 amide bonds. The minimum absolute atomic E-state index is 0.988. The van der Waals surface area contributed by atoms with E-state index in [1.165, 1.54) is 15.0 Å². The molecule has 4 heteroatoms. The SMILES string of the molecule is c1csc(-c2nc3cnc4ccccc4c3s2)c1. The van der Waals surface area contributed by atoms with Crippen LogP contribution in [0.2, 0.25) is 0 Å². The van der Waals surface area contributed by atoms with Gasteiger partial charge in [-0.2, -0.15) is 0 Å². The summed E-state index contributed by atoms with van der Waals surface area (Å²) in [7, 11) is 0. The van der Waals surface area contributed by atoms with E-state index in [2.05, 4.69) is 33.5 Å². The van der Waals surface area contributed by atoms with Gasteiger partial charge in [-0.05, 0) is 17.5 Å². The van der Waals surface area contributed by atoms with Crippen LogP contribution < -0.4 is 0 Å². The zero-order chi connectivity index (χ0) is 11.9. The van der Waals surface area contributed by atoms with E-state index >= 15 is 0 Å². The maximum atomic E-state index is 4.67. The van der Waals surface area contributed by atoms with E-state index < -0.39 is 0 Å². The monoisotopic (exact) mass is 268 g/mol. The number of rotatable bonds is 1. The lowest BCUT2D eigenvalue weighted by atomic mass is 10.2. The second-order valence-corrected chi connectivity index (χ2v) is 5.93. The maximum Gasteiger partial charge on any atom is 0.134 e. The highest BCUT2D eigenvalue weighted by Crippen LogP contribution is 2.35. The van der Waals surface area contributed by atoms with Gasteiger partial charge in [0.05, 0.1) is 21.3 Å². The number of hydrogen-bond acceptors (Lipinski definition) is 4. The summed E-state index contributed by atoms with van der Waals surface area (Å²) in [6, 6.07) is 12.4. The molecule has 3 heterocycles. The molecule has 0 bridgehead atoms. The van der Waals surface area contributed by atoms with Crippen molar-refractivity contribution in [2.75, 3.05) is 0 Å². The maximum absolute atomic E-state index is 4.67. The minimum Gasteiger partial charge on any atom is -0.254 e. The third-order valence-corrected chi connectivity index (χ3v) is 5.00. The summed E-state index contributed by atoms with van der Waals surface area (Å²) in [6.45, 7) is 0. The first-order valence-corrected chi connectivity index (χ1v) is 7.29. The van der Waals surface area contributed by atoms with E-state index in [9.17, 15) is 0 Å². The molecule has 0 spiro atoms. The molecule has 0 aliphatic carbocycles. The third kappa shape index (κ3) is 1.46. The quantitative estimate of drug-likeness (QED) is 0.505. The fourth-order valence-corrected chi connectivity index (χ4v) is 3.90. The molecule has 2 nitrogen and oxygen atoms in total. The molecule has 1 aromatic carbocycles. The number of nitrogens with zero attached hydrogens (tertiary/aromatic N) is 2. The van der Waals surface area contributed by atoms with Crippen LogP contribution in [0.4, 0.5) is 0 Å².